The number of halogens is 2. The molecule has 16 heavy (non-hydrogen) atoms. The summed E-state index contributed by atoms with van der Waals surface area (Å²) in [5.74, 6) is -3.18. The highest BCUT2D eigenvalue weighted by Crippen LogP contribution is 2.22. The first kappa shape index (κ1) is 12.4. The molecule has 0 aliphatic rings. The zero-order valence-corrected chi connectivity index (χ0v) is 8.59. The molecule has 1 amide bonds. The maximum atomic E-state index is 13.5. The zero-order valence-electron chi connectivity index (χ0n) is 8.59. The number of amides is 1. The van der Waals surface area contributed by atoms with E-state index in [0.29, 0.717) is 0 Å². The van der Waals surface area contributed by atoms with Crippen LogP contribution < -0.4 is 10.1 Å². The lowest BCUT2D eigenvalue weighted by Crippen LogP contribution is -2.28. The van der Waals surface area contributed by atoms with Gasteiger partial charge in [0.25, 0.3) is 5.91 Å². The van der Waals surface area contributed by atoms with E-state index in [4.69, 9.17) is 5.11 Å². The van der Waals surface area contributed by atoms with Crippen molar-refractivity contribution in [3.8, 4) is 5.75 Å². The second-order valence-corrected chi connectivity index (χ2v) is 2.92. The molecule has 0 atom stereocenters. The van der Waals surface area contributed by atoms with Crippen molar-refractivity contribution in [1.82, 2.24) is 5.32 Å². The molecule has 0 saturated carbocycles. The van der Waals surface area contributed by atoms with Crippen LogP contribution in [-0.2, 0) is 0 Å². The molecule has 0 radical (unpaired) electrons. The number of hydrogen-bond donors (Lipinski definition) is 2. The smallest absolute Gasteiger partial charge is 0.257 e. The maximum Gasteiger partial charge on any atom is 0.257 e. The summed E-state index contributed by atoms with van der Waals surface area (Å²) in [7, 11) is 1.21. The molecule has 2 N–H and O–H groups in total. The van der Waals surface area contributed by atoms with E-state index in [1.54, 1.807) is 0 Å². The minimum absolute atomic E-state index is 0.0745. The van der Waals surface area contributed by atoms with E-state index in [0.717, 1.165) is 12.1 Å². The normalized spacial score (nSPS) is 10.0. The molecule has 88 valence electrons. The van der Waals surface area contributed by atoms with Gasteiger partial charge in [-0.25, -0.2) is 8.78 Å². The van der Waals surface area contributed by atoms with Crippen molar-refractivity contribution >= 4 is 5.91 Å². The average molecular weight is 231 g/mol. The lowest BCUT2D eigenvalue weighted by Gasteiger charge is -2.08. The topological polar surface area (TPSA) is 58.6 Å². The number of carbonyl (C=O) groups is 1. The van der Waals surface area contributed by atoms with Gasteiger partial charge in [0.05, 0.1) is 13.7 Å². The highest BCUT2D eigenvalue weighted by molar-refractivity contribution is 5.95. The summed E-state index contributed by atoms with van der Waals surface area (Å²) in [6.07, 6.45) is 0. The van der Waals surface area contributed by atoms with Gasteiger partial charge in [0.2, 0.25) is 0 Å². The molecule has 1 aromatic rings. The summed E-state index contributed by atoms with van der Waals surface area (Å²) in [6, 6.07) is 2.03. The molecule has 0 aliphatic carbocycles. The van der Waals surface area contributed by atoms with Crippen molar-refractivity contribution in [1.29, 1.82) is 0 Å². The Morgan fingerprint density at radius 3 is 2.75 bits per heavy atom. The van der Waals surface area contributed by atoms with Crippen LogP contribution >= 0.6 is 0 Å². The summed E-state index contributed by atoms with van der Waals surface area (Å²) in [6.45, 7) is -0.381. The van der Waals surface area contributed by atoms with Crippen molar-refractivity contribution in [3.63, 3.8) is 0 Å². The molecule has 1 aromatic carbocycles. The van der Waals surface area contributed by atoms with Crippen LogP contribution in [0.1, 0.15) is 10.4 Å². The number of benzene rings is 1. The molecule has 0 spiro atoms. The van der Waals surface area contributed by atoms with Gasteiger partial charge in [-0.05, 0) is 12.1 Å². The molecule has 0 aromatic heterocycles. The van der Waals surface area contributed by atoms with E-state index in [2.05, 4.69) is 10.1 Å². The Hall–Kier alpha value is -1.69. The third-order valence-electron chi connectivity index (χ3n) is 1.90. The van der Waals surface area contributed by atoms with Crippen LogP contribution in [0.5, 0.6) is 5.75 Å². The molecule has 1 rings (SSSR count). The lowest BCUT2D eigenvalue weighted by molar-refractivity contribution is 0.0935. The highest BCUT2D eigenvalue weighted by atomic mass is 19.1. The third-order valence-corrected chi connectivity index (χ3v) is 1.90. The summed E-state index contributed by atoms with van der Waals surface area (Å²) in [4.78, 5) is 11.4. The Kier molecular flexibility index (Phi) is 4.19. The standard InChI is InChI=1S/C10H11F2NO3/c1-16-7-3-2-6(11)8(9(7)12)10(15)13-4-5-14/h2-3,14H,4-5H2,1H3,(H,13,15). The van der Waals surface area contributed by atoms with Gasteiger partial charge in [0, 0.05) is 6.54 Å². The van der Waals surface area contributed by atoms with Gasteiger partial charge in [-0.1, -0.05) is 0 Å². The highest BCUT2D eigenvalue weighted by Gasteiger charge is 2.20. The Morgan fingerprint density at radius 2 is 2.19 bits per heavy atom. The van der Waals surface area contributed by atoms with Crippen molar-refractivity contribution in [2.24, 2.45) is 0 Å². The molecule has 0 aliphatic heterocycles. The van der Waals surface area contributed by atoms with Crippen LogP contribution in [0.2, 0.25) is 0 Å². The summed E-state index contributed by atoms with van der Waals surface area (Å²) < 4.78 is 31.4. The SMILES string of the molecule is COc1ccc(F)c(C(=O)NCCO)c1F. The van der Waals surface area contributed by atoms with E-state index >= 15 is 0 Å². The van der Waals surface area contributed by atoms with Gasteiger partial charge >= 0.3 is 0 Å². The summed E-state index contributed by atoms with van der Waals surface area (Å²) in [5, 5.41) is 10.6. The molecule has 0 fully saturated rings. The minimum atomic E-state index is -1.06. The predicted octanol–water partition coefficient (Wildman–Crippen LogP) is 0.696. The Labute approximate surface area is 90.8 Å². The second-order valence-electron chi connectivity index (χ2n) is 2.92. The summed E-state index contributed by atoms with van der Waals surface area (Å²) >= 11 is 0. The molecule has 0 heterocycles. The largest absolute Gasteiger partial charge is 0.494 e. The monoisotopic (exact) mass is 231 g/mol. The van der Waals surface area contributed by atoms with Crippen LogP contribution in [0.4, 0.5) is 8.78 Å². The number of nitrogens with one attached hydrogen (secondary N) is 1. The van der Waals surface area contributed by atoms with E-state index < -0.39 is 23.1 Å². The number of hydrogen-bond acceptors (Lipinski definition) is 3. The molecule has 0 bridgehead atoms. The fraction of sp³-hybridized carbons (Fsp3) is 0.300. The van der Waals surface area contributed by atoms with Gasteiger partial charge in [-0.3, -0.25) is 4.79 Å². The van der Waals surface area contributed by atoms with E-state index in [1.807, 2.05) is 0 Å². The van der Waals surface area contributed by atoms with Gasteiger partial charge in [0.15, 0.2) is 11.6 Å². The Morgan fingerprint density at radius 1 is 1.50 bits per heavy atom. The van der Waals surface area contributed by atoms with E-state index in [-0.39, 0.29) is 18.9 Å². The number of carbonyl (C=O) groups excluding carboxylic acids is 1. The number of rotatable bonds is 4. The van der Waals surface area contributed by atoms with Gasteiger partial charge in [-0.2, -0.15) is 0 Å². The first-order chi connectivity index (χ1) is 7.61. The zero-order chi connectivity index (χ0) is 12.1. The predicted molar refractivity (Wildman–Crippen MR) is 52.3 cm³/mol. The van der Waals surface area contributed by atoms with Gasteiger partial charge < -0.3 is 15.2 Å². The lowest BCUT2D eigenvalue weighted by atomic mass is 10.1. The second kappa shape index (κ2) is 5.41. The quantitative estimate of drug-likeness (QED) is 0.801. The number of aliphatic hydroxyl groups is 1. The molecule has 4 nitrogen and oxygen atoms in total. The van der Waals surface area contributed by atoms with Crippen LogP contribution in [0.3, 0.4) is 0 Å². The van der Waals surface area contributed by atoms with Gasteiger partial charge in [0.1, 0.15) is 11.4 Å². The Bertz CT molecular complexity index is 396. The first-order valence-corrected chi connectivity index (χ1v) is 4.52. The molecule has 6 heteroatoms. The average Bonchev–Trinajstić information content (AvgIpc) is 2.26. The molecule has 0 unspecified atom stereocenters. The van der Waals surface area contributed by atoms with E-state index in [9.17, 15) is 13.6 Å². The van der Waals surface area contributed by atoms with E-state index in [1.165, 1.54) is 7.11 Å². The molecular formula is C10H11F2NO3. The number of ether oxygens (including phenoxy) is 1. The van der Waals surface area contributed by atoms with Crippen LogP contribution in [0.25, 0.3) is 0 Å². The fourth-order valence-electron chi connectivity index (χ4n) is 1.16. The van der Waals surface area contributed by atoms with Crippen LogP contribution in [0.15, 0.2) is 12.1 Å². The summed E-state index contributed by atoms with van der Waals surface area (Å²) in [5.41, 5.74) is -0.715. The maximum absolute atomic E-state index is 13.5. The first-order valence-electron chi connectivity index (χ1n) is 4.52. The Balaban J connectivity index is 3.06. The van der Waals surface area contributed by atoms with Crippen molar-refractivity contribution in [3.05, 3.63) is 29.3 Å². The fourth-order valence-corrected chi connectivity index (χ4v) is 1.16. The number of aliphatic hydroxyl groups excluding tert-OH is 1. The minimum Gasteiger partial charge on any atom is -0.494 e. The van der Waals surface area contributed by atoms with Crippen molar-refractivity contribution in [2.75, 3.05) is 20.3 Å². The molecular weight excluding hydrogens is 220 g/mol. The van der Waals surface area contributed by atoms with Gasteiger partial charge in [-0.15, -0.1) is 0 Å². The molecule has 0 saturated heterocycles. The third kappa shape index (κ3) is 2.46. The van der Waals surface area contributed by atoms with Crippen LogP contribution in [-0.4, -0.2) is 31.3 Å². The van der Waals surface area contributed by atoms with Crippen LogP contribution in [0, 0.1) is 11.6 Å². The van der Waals surface area contributed by atoms with Crippen molar-refractivity contribution < 1.29 is 23.4 Å². The number of methoxy groups -OCH3 is 1. The van der Waals surface area contributed by atoms with Crippen molar-refractivity contribution in [2.45, 2.75) is 0 Å².